The number of ether oxygens (including phenoxy) is 1. The fraction of sp³-hybridized carbons (Fsp3) is 0.143. The molecule has 1 atom stereocenters. The molecular formula is C21H17FN2O2. The van der Waals surface area contributed by atoms with Gasteiger partial charge in [0.15, 0.2) is 0 Å². The standard InChI is InChI=1S/C21H17FN2O2/c1-13(14-5-3-2-4-6-14)24-21(25)15-7-8-17-16(9-15)12-26-19-11-23-20(22)10-18(17)19/h2-11,13H,12H2,1H3,(H,24,25)/t13-/m1/s1. The molecule has 0 bridgehead atoms. The van der Waals surface area contributed by atoms with Crippen LogP contribution in [0.5, 0.6) is 5.75 Å². The lowest BCUT2D eigenvalue weighted by Gasteiger charge is -2.21. The van der Waals surface area contributed by atoms with Crippen molar-refractivity contribution in [3.63, 3.8) is 0 Å². The van der Waals surface area contributed by atoms with Crippen LogP contribution in [0.2, 0.25) is 0 Å². The minimum Gasteiger partial charge on any atom is -0.487 e. The van der Waals surface area contributed by atoms with Gasteiger partial charge in [0.1, 0.15) is 12.4 Å². The number of rotatable bonds is 3. The number of nitrogens with one attached hydrogen (secondary N) is 1. The molecule has 1 aliphatic rings. The van der Waals surface area contributed by atoms with Crippen LogP contribution >= 0.6 is 0 Å². The number of fused-ring (bicyclic) bond motifs is 3. The van der Waals surface area contributed by atoms with Gasteiger partial charge in [0, 0.05) is 17.2 Å². The summed E-state index contributed by atoms with van der Waals surface area (Å²) in [6.07, 6.45) is 1.38. The second-order valence-electron chi connectivity index (χ2n) is 6.27. The minimum atomic E-state index is -0.557. The normalized spacial score (nSPS) is 13.2. The van der Waals surface area contributed by atoms with E-state index in [1.165, 1.54) is 12.3 Å². The van der Waals surface area contributed by atoms with Gasteiger partial charge >= 0.3 is 0 Å². The van der Waals surface area contributed by atoms with Gasteiger partial charge < -0.3 is 10.1 Å². The molecule has 3 aromatic rings. The third-order valence-electron chi connectivity index (χ3n) is 4.52. The van der Waals surface area contributed by atoms with E-state index in [9.17, 15) is 9.18 Å². The van der Waals surface area contributed by atoms with E-state index >= 15 is 0 Å². The van der Waals surface area contributed by atoms with E-state index in [2.05, 4.69) is 10.3 Å². The molecule has 1 aliphatic heterocycles. The van der Waals surface area contributed by atoms with Crippen molar-refractivity contribution in [2.45, 2.75) is 19.6 Å². The number of halogens is 1. The molecule has 130 valence electrons. The summed E-state index contributed by atoms with van der Waals surface area (Å²) in [5, 5.41) is 3.00. The zero-order valence-electron chi connectivity index (χ0n) is 14.2. The molecule has 1 aromatic heterocycles. The van der Waals surface area contributed by atoms with Crippen molar-refractivity contribution in [3.8, 4) is 16.9 Å². The summed E-state index contributed by atoms with van der Waals surface area (Å²) in [6, 6.07) is 16.4. The molecule has 0 fully saturated rings. The smallest absolute Gasteiger partial charge is 0.251 e. The van der Waals surface area contributed by atoms with Gasteiger partial charge in [-0.2, -0.15) is 4.39 Å². The third kappa shape index (κ3) is 3.04. The molecule has 0 spiro atoms. The molecular weight excluding hydrogens is 331 g/mol. The number of amides is 1. The molecule has 2 aromatic carbocycles. The van der Waals surface area contributed by atoms with Gasteiger partial charge in [-0.3, -0.25) is 4.79 Å². The number of pyridine rings is 1. The lowest BCUT2D eigenvalue weighted by molar-refractivity contribution is 0.0939. The Labute approximate surface area is 150 Å². The van der Waals surface area contributed by atoms with E-state index in [0.29, 0.717) is 23.5 Å². The van der Waals surface area contributed by atoms with Gasteiger partial charge in [-0.1, -0.05) is 36.4 Å². The van der Waals surface area contributed by atoms with Crippen LogP contribution in [0.25, 0.3) is 11.1 Å². The van der Waals surface area contributed by atoms with Crippen LogP contribution in [0.3, 0.4) is 0 Å². The highest BCUT2D eigenvalue weighted by molar-refractivity contribution is 5.95. The lowest BCUT2D eigenvalue weighted by atomic mass is 9.96. The number of carbonyl (C=O) groups is 1. The second-order valence-corrected chi connectivity index (χ2v) is 6.27. The van der Waals surface area contributed by atoms with E-state index in [0.717, 1.165) is 16.7 Å². The average molecular weight is 348 g/mol. The molecule has 1 N–H and O–H groups in total. The average Bonchev–Trinajstić information content (AvgIpc) is 2.68. The second kappa shape index (κ2) is 6.59. The summed E-state index contributed by atoms with van der Waals surface area (Å²) < 4.78 is 19.1. The Bertz CT molecular complexity index is 973. The van der Waals surface area contributed by atoms with Crippen molar-refractivity contribution in [2.75, 3.05) is 0 Å². The predicted molar refractivity (Wildman–Crippen MR) is 96.3 cm³/mol. The summed E-state index contributed by atoms with van der Waals surface area (Å²) in [4.78, 5) is 16.2. The molecule has 2 heterocycles. The first kappa shape index (κ1) is 16.3. The molecule has 0 saturated heterocycles. The summed E-state index contributed by atoms with van der Waals surface area (Å²) in [7, 11) is 0. The SMILES string of the molecule is C[C@@H](NC(=O)c1ccc2c(c1)COc1cnc(F)cc1-2)c1ccccc1. The summed E-state index contributed by atoms with van der Waals surface area (Å²) in [5.74, 6) is -0.164. The van der Waals surface area contributed by atoms with Gasteiger partial charge in [0.05, 0.1) is 12.2 Å². The molecule has 4 nitrogen and oxygen atoms in total. The number of aromatic nitrogens is 1. The van der Waals surface area contributed by atoms with Crippen molar-refractivity contribution in [3.05, 3.63) is 83.4 Å². The first-order valence-corrected chi connectivity index (χ1v) is 8.39. The Morgan fingerprint density at radius 1 is 1.15 bits per heavy atom. The van der Waals surface area contributed by atoms with Crippen LogP contribution in [0.15, 0.2) is 60.8 Å². The Morgan fingerprint density at radius 3 is 2.77 bits per heavy atom. The van der Waals surface area contributed by atoms with Crippen molar-refractivity contribution in [1.82, 2.24) is 10.3 Å². The molecule has 26 heavy (non-hydrogen) atoms. The lowest BCUT2D eigenvalue weighted by Crippen LogP contribution is -2.26. The van der Waals surface area contributed by atoms with Crippen LogP contribution in [0.4, 0.5) is 4.39 Å². The van der Waals surface area contributed by atoms with E-state index in [1.807, 2.05) is 43.3 Å². The van der Waals surface area contributed by atoms with E-state index < -0.39 is 5.95 Å². The monoisotopic (exact) mass is 348 g/mol. The maximum absolute atomic E-state index is 13.5. The van der Waals surface area contributed by atoms with E-state index in [4.69, 9.17) is 4.74 Å². The van der Waals surface area contributed by atoms with Gasteiger partial charge in [-0.25, -0.2) is 4.98 Å². The highest BCUT2D eigenvalue weighted by atomic mass is 19.1. The van der Waals surface area contributed by atoms with Crippen molar-refractivity contribution >= 4 is 5.91 Å². The van der Waals surface area contributed by atoms with Crippen LogP contribution in [0, 0.1) is 5.95 Å². The summed E-state index contributed by atoms with van der Waals surface area (Å²) in [6.45, 7) is 2.27. The minimum absolute atomic E-state index is 0.100. The largest absolute Gasteiger partial charge is 0.487 e. The third-order valence-corrected chi connectivity index (χ3v) is 4.52. The highest BCUT2D eigenvalue weighted by Gasteiger charge is 2.20. The molecule has 4 rings (SSSR count). The number of carbonyl (C=O) groups excluding carboxylic acids is 1. The van der Waals surface area contributed by atoms with Gasteiger partial charge in [0.25, 0.3) is 5.91 Å². The Kier molecular flexibility index (Phi) is 4.13. The molecule has 0 saturated carbocycles. The van der Waals surface area contributed by atoms with Crippen molar-refractivity contribution < 1.29 is 13.9 Å². The molecule has 0 radical (unpaired) electrons. The molecule has 1 amide bonds. The van der Waals surface area contributed by atoms with Gasteiger partial charge in [0.2, 0.25) is 5.95 Å². The number of hydrogen-bond donors (Lipinski definition) is 1. The number of hydrogen-bond acceptors (Lipinski definition) is 3. The van der Waals surface area contributed by atoms with Crippen molar-refractivity contribution in [2.24, 2.45) is 0 Å². The van der Waals surface area contributed by atoms with E-state index in [-0.39, 0.29) is 11.9 Å². The zero-order valence-corrected chi connectivity index (χ0v) is 14.2. The molecule has 0 aliphatic carbocycles. The number of nitrogens with zero attached hydrogens (tertiary/aromatic N) is 1. The van der Waals surface area contributed by atoms with Crippen LogP contribution < -0.4 is 10.1 Å². The van der Waals surface area contributed by atoms with Crippen LogP contribution in [-0.4, -0.2) is 10.9 Å². The Hall–Kier alpha value is -3.21. The number of benzene rings is 2. The Balaban J connectivity index is 1.59. The van der Waals surface area contributed by atoms with Gasteiger partial charge in [-0.15, -0.1) is 0 Å². The summed E-state index contributed by atoms with van der Waals surface area (Å²) in [5.41, 5.74) is 3.96. The first-order valence-electron chi connectivity index (χ1n) is 8.39. The van der Waals surface area contributed by atoms with Crippen LogP contribution in [-0.2, 0) is 6.61 Å². The van der Waals surface area contributed by atoms with Crippen molar-refractivity contribution in [1.29, 1.82) is 0 Å². The fourth-order valence-corrected chi connectivity index (χ4v) is 3.12. The molecule has 0 unspecified atom stereocenters. The highest BCUT2D eigenvalue weighted by Crippen LogP contribution is 2.37. The zero-order chi connectivity index (χ0) is 18.1. The summed E-state index contributed by atoms with van der Waals surface area (Å²) >= 11 is 0. The fourth-order valence-electron chi connectivity index (χ4n) is 3.12. The van der Waals surface area contributed by atoms with E-state index in [1.54, 1.807) is 12.1 Å². The maximum atomic E-state index is 13.5. The van der Waals surface area contributed by atoms with Crippen LogP contribution in [0.1, 0.15) is 34.5 Å². The topological polar surface area (TPSA) is 51.2 Å². The predicted octanol–water partition coefficient (Wildman–Crippen LogP) is 4.27. The first-order chi connectivity index (χ1) is 12.6. The van der Waals surface area contributed by atoms with Gasteiger partial charge in [-0.05, 0) is 35.7 Å². The quantitative estimate of drug-likeness (QED) is 0.719. The Morgan fingerprint density at radius 2 is 1.96 bits per heavy atom. The molecule has 5 heteroatoms. The maximum Gasteiger partial charge on any atom is 0.251 e.